The Hall–Kier alpha value is -2.91. The SMILES string of the molecule is CCn1c(SCC(=O)Nc2cc([N+](=O)[O-])ccc2Cl)nnc1-c1ccccc1C. The van der Waals surface area contributed by atoms with Crippen LogP contribution in [0.2, 0.25) is 5.02 Å². The number of non-ortho nitro benzene ring substituents is 1. The number of hydrogen-bond acceptors (Lipinski definition) is 6. The predicted molar refractivity (Wildman–Crippen MR) is 113 cm³/mol. The minimum absolute atomic E-state index is 0.0604. The second-order valence-electron chi connectivity index (χ2n) is 6.12. The lowest BCUT2D eigenvalue weighted by atomic mass is 10.1. The first-order valence-corrected chi connectivity index (χ1v) is 10.1. The molecule has 1 amide bonds. The van der Waals surface area contributed by atoms with Crippen LogP contribution in [0.3, 0.4) is 0 Å². The molecule has 0 radical (unpaired) electrons. The molecule has 0 spiro atoms. The fraction of sp³-hybridized carbons (Fsp3) is 0.211. The molecular weight excluding hydrogens is 414 g/mol. The average molecular weight is 432 g/mol. The van der Waals surface area contributed by atoms with Gasteiger partial charge >= 0.3 is 0 Å². The smallest absolute Gasteiger partial charge is 0.271 e. The molecule has 3 rings (SSSR count). The summed E-state index contributed by atoms with van der Waals surface area (Å²) in [5.41, 5.74) is 2.13. The van der Waals surface area contributed by atoms with E-state index in [9.17, 15) is 14.9 Å². The first-order chi connectivity index (χ1) is 13.9. The monoisotopic (exact) mass is 431 g/mol. The third kappa shape index (κ3) is 4.75. The number of nitrogens with one attached hydrogen (secondary N) is 1. The van der Waals surface area contributed by atoms with Crippen molar-refractivity contribution in [3.05, 3.63) is 63.2 Å². The Bertz CT molecular complexity index is 1070. The van der Waals surface area contributed by atoms with E-state index >= 15 is 0 Å². The van der Waals surface area contributed by atoms with Crippen molar-refractivity contribution < 1.29 is 9.72 Å². The van der Waals surface area contributed by atoms with E-state index < -0.39 is 4.92 Å². The number of nitrogens with zero attached hydrogens (tertiary/aromatic N) is 4. The summed E-state index contributed by atoms with van der Waals surface area (Å²) in [5.74, 6) is 0.459. The summed E-state index contributed by atoms with van der Waals surface area (Å²) in [7, 11) is 0. The minimum Gasteiger partial charge on any atom is -0.324 e. The molecule has 0 aliphatic rings. The predicted octanol–water partition coefficient (Wildman–Crippen LogP) is 4.57. The molecule has 2 aromatic carbocycles. The lowest BCUT2D eigenvalue weighted by molar-refractivity contribution is -0.384. The Balaban J connectivity index is 1.72. The van der Waals surface area contributed by atoms with Gasteiger partial charge in [-0.1, -0.05) is 47.6 Å². The molecule has 0 aliphatic heterocycles. The molecule has 0 fully saturated rings. The topological polar surface area (TPSA) is 103 Å². The lowest BCUT2D eigenvalue weighted by Crippen LogP contribution is -2.15. The summed E-state index contributed by atoms with van der Waals surface area (Å²) in [6, 6.07) is 11.8. The van der Waals surface area contributed by atoms with Crippen LogP contribution in [0.5, 0.6) is 0 Å². The summed E-state index contributed by atoms with van der Waals surface area (Å²) < 4.78 is 1.95. The normalized spacial score (nSPS) is 10.7. The fourth-order valence-corrected chi connectivity index (χ4v) is 3.71. The molecule has 1 aromatic heterocycles. The zero-order chi connectivity index (χ0) is 21.0. The van der Waals surface area contributed by atoms with Gasteiger partial charge in [0.05, 0.1) is 21.4 Å². The van der Waals surface area contributed by atoms with Crippen molar-refractivity contribution >= 4 is 40.6 Å². The summed E-state index contributed by atoms with van der Waals surface area (Å²) >= 11 is 7.26. The molecule has 1 N–H and O–H groups in total. The van der Waals surface area contributed by atoms with E-state index in [2.05, 4.69) is 15.5 Å². The molecular formula is C19H18ClN5O3S. The van der Waals surface area contributed by atoms with Crippen LogP contribution in [0.25, 0.3) is 11.4 Å². The standard InChI is InChI=1S/C19H18ClN5O3S/c1-3-24-18(14-7-5-4-6-12(14)2)22-23-19(24)29-11-17(26)21-16-10-13(25(27)28)8-9-15(16)20/h4-10H,3,11H2,1-2H3,(H,21,26). The number of carbonyl (C=O) groups is 1. The zero-order valence-electron chi connectivity index (χ0n) is 15.8. The van der Waals surface area contributed by atoms with Crippen molar-refractivity contribution in [1.82, 2.24) is 14.8 Å². The van der Waals surface area contributed by atoms with Crippen molar-refractivity contribution in [2.45, 2.75) is 25.5 Å². The third-order valence-electron chi connectivity index (χ3n) is 4.19. The van der Waals surface area contributed by atoms with Gasteiger partial charge in [-0.15, -0.1) is 10.2 Å². The summed E-state index contributed by atoms with van der Waals surface area (Å²) in [4.78, 5) is 22.7. The number of nitro benzene ring substituents is 1. The number of thioether (sulfide) groups is 1. The number of hydrogen-bond donors (Lipinski definition) is 1. The molecule has 8 nitrogen and oxygen atoms in total. The van der Waals surface area contributed by atoms with E-state index in [0.717, 1.165) is 17.0 Å². The number of rotatable bonds is 7. The Morgan fingerprint density at radius 2 is 2.03 bits per heavy atom. The molecule has 150 valence electrons. The van der Waals surface area contributed by atoms with Crippen molar-refractivity contribution in [2.24, 2.45) is 0 Å². The number of nitro groups is 1. The van der Waals surface area contributed by atoms with Crippen LogP contribution in [-0.2, 0) is 11.3 Å². The Morgan fingerprint density at radius 3 is 2.72 bits per heavy atom. The first kappa shape index (κ1) is 20.8. The quantitative estimate of drug-likeness (QED) is 0.334. The second-order valence-corrected chi connectivity index (χ2v) is 7.47. The number of benzene rings is 2. The van der Waals surface area contributed by atoms with E-state index in [1.165, 1.54) is 30.0 Å². The first-order valence-electron chi connectivity index (χ1n) is 8.76. The summed E-state index contributed by atoms with van der Waals surface area (Å²) in [6.45, 7) is 4.64. The number of carbonyl (C=O) groups excluding carboxylic acids is 1. The highest BCUT2D eigenvalue weighted by Gasteiger charge is 2.17. The molecule has 0 aliphatic carbocycles. The van der Waals surface area contributed by atoms with Crippen molar-refractivity contribution in [2.75, 3.05) is 11.1 Å². The van der Waals surface area contributed by atoms with Crippen LogP contribution < -0.4 is 5.32 Å². The number of aryl methyl sites for hydroxylation is 1. The molecule has 29 heavy (non-hydrogen) atoms. The van der Waals surface area contributed by atoms with Crippen molar-refractivity contribution in [3.63, 3.8) is 0 Å². The van der Waals surface area contributed by atoms with Gasteiger partial charge in [-0.3, -0.25) is 14.9 Å². The molecule has 0 atom stereocenters. The van der Waals surface area contributed by atoms with Crippen LogP contribution in [0.4, 0.5) is 11.4 Å². The maximum atomic E-state index is 12.3. The molecule has 1 heterocycles. The number of halogens is 1. The van der Waals surface area contributed by atoms with Gasteiger partial charge in [0.15, 0.2) is 11.0 Å². The number of aromatic nitrogens is 3. The molecule has 0 saturated heterocycles. The average Bonchev–Trinajstić information content (AvgIpc) is 3.11. The number of anilines is 1. The van der Waals surface area contributed by atoms with Crippen molar-refractivity contribution in [1.29, 1.82) is 0 Å². The van der Waals surface area contributed by atoms with Crippen molar-refractivity contribution in [3.8, 4) is 11.4 Å². The van der Waals surface area contributed by atoms with E-state index in [4.69, 9.17) is 11.6 Å². The molecule has 0 bridgehead atoms. The van der Waals surface area contributed by atoms with Crippen LogP contribution in [0, 0.1) is 17.0 Å². The maximum Gasteiger partial charge on any atom is 0.271 e. The highest BCUT2D eigenvalue weighted by atomic mass is 35.5. The second kappa shape index (κ2) is 9.06. The zero-order valence-corrected chi connectivity index (χ0v) is 17.3. The summed E-state index contributed by atoms with van der Waals surface area (Å²) in [6.07, 6.45) is 0. The molecule has 3 aromatic rings. The summed E-state index contributed by atoms with van der Waals surface area (Å²) in [5, 5.41) is 22.9. The fourth-order valence-electron chi connectivity index (χ4n) is 2.74. The third-order valence-corrected chi connectivity index (χ3v) is 5.48. The van der Waals surface area contributed by atoms with Gasteiger partial charge < -0.3 is 9.88 Å². The largest absolute Gasteiger partial charge is 0.324 e. The Labute approximate surface area is 176 Å². The van der Waals surface area contributed by atoms with E-state index in [1.54, 1.807) is 0 Å². The van der Waals surface area contributed by atoms with Gasteiger partial charge in [-0.2, -0.15) is 0 Å². The van der Waals surface area contributed by atoms with Crippen LogP contribution in [0.1, 0.15) is 12.5 Å². The number of amides is 1. The molecule has 10 heteroatoms. The van der Waals surface area contributed by atoms with Gasteiger partial charge in [-0.25, -0.2) is 0 Å². The van der Waals surface area contributed by atoms with Gasteiger partial charge in [0.1, 0.15) is 0 Å². The molecule has 0 saturated carbocycles. The van der Waals surface area contributed by atoms with E-state index in [0.29, 0.717) is 11.7 Å². The van der Waals surface area contributed by atoms with E-state index in [1.807, 2.05) is 42.7 Å². The van der Waals surface area contributed by atoms with Crippen LogP contribution in [0.15, 0.2) is 47.6 Å². The Kier molecular flexibility index (Phi) is 6.50. The minimum atomic E-state index is -0.544. The van der Waals surface area contributed by atoms with Gasteiger partial charge in [0.2, 0.25) is 5.91 Å². The van der Waals surface area contributed by atoms with Gasteiger partial charge in [-0.05, 0) is 25.5 Å². The maximum absolute atomic E-state index is 12.3. The van der Waals surface area contributed by atoms with Crippen LogP contribution in [-0.4, -0.2) is 31.3 Å². The van der Waals surface area contributed by atoms with E-state index in [-0.39, 0.29) is 28.1 Å². The van der Waals surface area contributed by atoms with Crippen LogP contribution >= 0.6 is 23.4 Å². The van der Waals surface area contributed by atoms with Gasteiger partial charge in [0.25, 0.3) is 5.69 Å². The highest BCUT2D eigenvalue weighted by Crippen LogP contribution is 2.28. The van der Waals surface area contributed by atoms with Gasteiger partial charge in [0, 0.05) is 24.2 Å². The molecule has 0 unspecified atom stereocenters. The highest BCUT2D eigenvalue weighted by molar-refractivity contribution is 7.99. The Morgan fingerprint density at radius 1 is 1.28 bits per heavy atom. The lowest BCUT2D eigenvalue weighted by Gasteiger charge is -2.09.